The Morgan fingerprint density at radius 3 is 2.88 bits per heavy atom. The van der Waals surface area contributed by atoms with Crippen LogP contribution in [0.1, 0.15) is 5.69 Å². The zero-order valence-electron chi connectivity index (χ0n) is 9.51. The van der Waals surface area contributed by atoms with Crippen LogP contribution in [0.4, 0.5) is 5.69 Å². The second-order valence-corrected chi connectivity index (χ2v) is 4.58. The summed E-state index contributed by atoms with van der Waals surface area (Å²) in [5, 5.41) is 8.16. The molecule has 3 nitrogen and oxygen atoms in total. The standard InChI is InChI=1S/C13H17N3/c1-9-13(15-8-10-6-14-7-10)11-4-2-3-5-12(11)16-9/h2-5,10,14-16H,6-8H2,1H3. The number of H-pyrrole nitrogens is 1. The van der Waals surface area contributed by atoms with Crippen molar-refractivity contribution in [3.8, 4) is 0 Å². The summed E-state index contributed by atoms with van der Waals surface area (Å²) < 4.78 is 0. The first-order chi connectivity index (χ1) is 7.84. The number of para-hydroxylation sites is 1. The summed E-state index contributed by atoms with van der Waals surface area (Å²) >= 11 is 0. The minimum absolute atomic E-state index is 0.785. The molecular weight excluding hydrogens is 198 g/mol. The lowest BCUT2D eigenvalue weighted by Gasteiger charge is -2.27. The number of fused-ring (bicyclic) bond motifs is 1. The molecule has 0 bridgehead atoms. The van der Waals surface area contributed by atoms with Gasteiger partial charge >= 0.3 is 0 Å². The molecule has 0 spiro atoms. The third-order valence-corrected chi connectivity index (χ3v) is 3.33. The van der Waals surface area contributed by atoms with Crippen molar-refractivity contribution in [2.24, 2.45) is 5.92 Å². The van der Waals surface area contributed by atoms with Gasteiger partial charge in [-0.25, -0.2) is 0 Å². The number of hydrogen-bond donors (Lipinski definition) is 3. The van der Waals surface area contributed by atoms with E-state index in [0.29, 0.717) is 0 Å². The van der Waals surface area contributed by atoms with Gasteiger partial charge in [-0.3, -0.25) is 0 Å². The van der Waals surface area contributed by atoms with Gasteiger partial charge in [0.15, 0.2) is 0 Å². The zero-order valence-corrected chi connectivity index (χ0v) is 9.51. The highest BCUT2D eigenvalue weighted by molar-refractivity contribution is 5.94. The molecule has 3 heteroatoms. The highest BCUT2D eigenvalue weighted by Crippen LogP contribution is 2.27. The third-order valence-electron chi connectivity index (χ3n) is 3.33. The van der Waals surface area contributed by atoms with E-state index in [9.17, 15) is 0 Å². The number of nitrogens with one attached hydrogen (secondary N) is 3. The molecule has 1 fully saturated rings. The largest absolute Gasteiger partial charge is 0.383 e. The summed E-state index contributed by atoms with van der Waals surface area (Å²) in [5.74, 6) is 0.785. The van der Waals surface area contributed by atoms with Crippen molar-refractivity contribution < 1.29 is 0 Å². The summed E-state index contributed by atoms with van der Waals surface area (Å²) in [7, 11) is 0. The molecule has 2 heterocycles. The second kappa shape index (κ2) is 3.83. The van der Waals surface area contributed by atoms with Crippen molar-refractivity contribution in [2.75, 3.05) is 25.0 Å². The molecular formula is C13H17N3. The Bertz CT molecular complexity index is 497. The van der Waals surface area contributed by atoms with E-state index in [0.717, 1.165) is 25.6 Å². The second-order valence-electron chi connectivity index (χ2n) is 4.58. The third kappa shape index (κ3) is 1.57. The SMILES string of the molecule is Cc1[nH]c2ccccc2c1NCC1CNC1. The maximum absolute atomic E-state index is 3.57. The van der Waals surface area contributed by atoms with Crippen molar-refractivity contribution in [2.45, 2.75) is 6.92 Å². The summed E-state index contributed by atoms with van der Waals surface area (Å²) in [5.41, 5.74) is 3.71. The summed E-state index contributed by atoms with van der Waals surface area (Å²) in [6, 6.07) is 8.45. The highest BCUT2D eigenvalue weighted by atomic mass is 15.0. The molecule has 3 N–H and O–H groups in total. The Hall–Kier alpha value is -1.48. The van der Waals surface area contributed by atoms with Gasteiger partial charge in [-0.15, -0.1) is 0 Å². The Labute approximate surface area is 95.2 Å². The summed E-state index contributed by atoms with van der Waals surface area (Å²) in [6.45, 7) is 5.49. The van der Waals surface area contributed by atoms with E-state index in [1.54, 1.807) is 0 Å². The highest BCUT2D eigenvalue weighted by Gasteiger charge is 2.17. The van der Waals surface area contributed by atoms with E-state index in [1.807, 2.05) is 0 Å². The number of hydrogen-bond acceptors (Lipinski definition) is 2. The van der Waals surface area contributed by atoms with Gasteiger partial charge in [0.2, 0.25) is 0 Å². The van der Waals surface area contributed by atoms with E-state index in [1.165, 1.54) is 22.3 Å². The molecule has 1 aromatic heterocycles. The number of aromatic nitrogens is 1. The number of anilines is 1. The first-order valence-corrected chi connectivity index (χ1v) is 5.86. The van der Waals surface area contributed by atoms with Crippen LogP contribution in [-0.2, 0) is 0 Å². The van der Waals surface area contributed by atoms with Crippen LogP contribution in [-0.4, -0.2) is 24.6 Å². The molecule has 0 unspecified atom stereocenters. The maximum Gasteiger partial charge on any atom is 0.0628 e. The van der Waals surface area contributed by atoms with Gasteiger partial charge in [-0.05, 0) is 13.0 Å². The number of benzene rings is 1. The van der Waals surface area contributed by atoms with Gasteiger partial charge in [-0.1, -0.05) is 18.2 Å². The van der Waals surface area contributed by atoms with Crippen molar-refractivity contribution in [3.05, 3.63) is 30.0 Å². The predicted molar refractivity (Wildman–Crippen MR) is 67.9 cm³/mol. The van der Waals surface area contributed by atoms with E-state index < -0.39 is 0 Å². The minimum atomic E-state index is 0.785. The lowest BCUT2D eigenvalue weighted by molar-refractivity contribution is 0.365. The van der Waals surface area contributed by atoms with Gasteiger partial charge in [0.25, 0.3) is 0 Å². The van der Waals surface area contributed by atoms with Gasteiger partial charge in [-0.2, -0.15) is 0 Å². The van der Waals surface area contributed by atoms with Crippen LogP contribution in [0.15, 0.2) is 24.3 Å². The van der Waals surface area contributed by atoms with Gasteiger partial charge in [0.1, 0.15) is 0 Å². The van der Waals surface area contributed by atoms with Gasteiger partial charge < -0.3 is 15.6 Å². The smallest absolute Gasteiger partial charge is 0.0628 e. The molecule has 0 amide bonds. The lowest BCUT2D eigenvalue weighted by Crippen LogP contribution is -2.45. The molecule has 1 aliphatic rings. The fraction of sp³-hybridized carbons (Fsp3) is 0.385. The number of rotatable bonds is 3. The Morgan fingerprint density at radius 2 is 2.12 bits per heavy atom. The number of aromatic amines is 1. The van der Waals surface area contributed by atoms with Crippen LogP contribution in [0.25, 0.3) is 10.9 Å². The average molecular weight is 215 g/mol. The topological polar surface area (TPSA) is 39.9 Å². The van der Waals surface area contributed by atoms with E-state index >= 15 is 0 Å². The molecule has 16 heavy (non-hydrogen) atoms. The minimum Gasteiger partial charge on any atom is -0.383 e. The van der Waals surface area contributed by atoms with E-state index in [-0.39, 0.29) is 0 Å². The maximum atomic E-state index is 3.57. The van der Waals surface area contributed by atoms with Crippen LogP contribution in [0, 0.1) is 12.8 Å². The predicted octanol–water partition coefficient (Wildman–Crippen LogP) is 2.11. The molecule has 0 aliphatic carbocycles. The molecule has 3 rings (SSSR count). The molecule has 1 aromatic carbocycles. The lowest BCUT2D eigenvalue weighted by atomic mass is 10.0. The van der Waals surface area contributed by atoms with Gasteiger partial charge in [0.05, 0.1) is 5.69 Å². The normalized spacial score (nSPS) is 16.3. The fourth-order valence-corrected chi connectivity index (χ4v) is 2.24. The average Bonchev–Trinajstić information content (AvgIpc) is 2.53. The molecule has 0 saturated carbocycles. The van der Waals surface area contributed by atoms with Crippen LogP contribution >= 0.6 is 0 Å². The first kappa shape index (κ1) is 9.73. The Kier molecular flexibility index (Phi) is 2.33. The summed E-state index contributed by atoms with van der Waals surface area (Å²) in [6.07, 6.45) is 0. The molecule has 0 radical (unpaired) electrons. The Morgan fingerprint density at radius 1 is 1.31 bits per heavy atom. The van der Waals surface area contributed by atoms with Crippen molar-refractivity contribution in [1.82, 2.24) is 10.3 Å². The molecule has 0 atom stereocenters. The van der Waals surface area contributed by atoms with Crippen LogP contribution in [0.2, 0.25) is 0 Å². The van der Waals surface area contributed by atoms with Crippen molar-refractivity contribution in [1.29, 1.82) is 0 Å². The molecule has 1 aliphatic heterocycles. The fourth-order valence-electron chi connectivity index (χ4n) is 2.24. The number of aryl methyl sites for hydroxylation is 1. The van der Waals surface area contributed by atoms with E-state index in [4.69, 9.17) is 0 Å². The van der Waals surface area contributed by atoms with Crippen LogP contribution in [0.5, 0.6) is 0 Å². The van der Waals surface area contributed by atoms with Crippen molar-refractivity contribution >= 4 is 16.6 Å². The van der Waals surface area contributed by atoms with E-state index in [2.05, 4.69) is 46.8 Å². The zero-order chi connectivity index (χ0) is 11.0. The van der Waals surface area contributed by atoms with Crippen LogP contribution < -0.4 is 10.6 Å². The monoisotopic (exact) mass is 215 g/mol. The molecule has 84 valence electrons. The van der Waals surface area contributed by atoms with Crippen LogP contribution in [0.3, 0.4) is 0 Å². The van der Waals surface area contributed by atoms with Crippen molar-refractivity contribution in [3.63, 3.8) is 0 Å². The van der Waals surface area contributed by atoms with Gasteiger partial charge in [0, 0.05) is 42.1 Å². The first-order valence-electron chi connectivity index (χ1n) is 5.86. The molecule has 1 saturated heterocycles. The summed E-state index contributed by atoms with van der Waals surface area (Å²) in [4.78, 5) is 3.41. The molecule has 2 aromatic rings. The quantitative estimate of drug-likeness (QED) is 0.734. The Balaban J connectivity index is 1.86.